The molecule has 0 aliphatic carbocycles. The highest BCUT2D eigenvalue weighted by Crippen LogP contribution is 2.33. The fraction of sp³-hybridized carbons (Fsp3) is 0.0769. The van der Waals surface area contributed by atoms with E-state index < -0.39 is 0 Å². The van der Waals surface area contributed by atoms with Crippen molar-refractivity contribution in [3.05, 3.63) is 48.5 Å². The summed E-state index contributed by atoms with van der Waals surface area (Å²) in [7, 11) is 1.61. The van der Waals surface area contributed by atoms with Crippen molar-refractivity contribution in [3.63, 3.8) is 0 Å². The Morgan fingerprint density at radius 2 is 1.38 bits per heavy atom. The summed E-state index contributed by atoms with van der Waals surface area (Å²) in [5, 5.41) is 0. The third-order valence-corrected chi connectivity index (χ3v) is 2.21. The topological polar surface area (TPSA) is 44.5 Å². The van der Waals surface area contributed by atoms with Crippen LogP contribution in [0, 0.1) is 0 Å². The molecule has 2 aromatic carbocycles. The lowest BCUT2D eigenvalue weighted by molar-refractivity contribution is 0.379. The Labute approximate surface area is 94.4 Å². The van der Waals surface area contributed by atoms with Crippen LogP contribution in [0.4, 0.5) is 5.69 Å². The number of hydrogen-bond acceptors (Lipinski definition) is 3. The van der Waals surface area contributed by atoms with Crippen molar-refractivity contribution in [3.8, 4) is 17.2 Å². The molecule has 3 nitrogen and oxygen atoms in total. The van der Waals surface area contributed by atoms with Gasteiger partial charge in [-0.3, -0.25) is 0 Å². The van der Waals surface area contributed by atoms with Crippen LogP contribution >= 0.6 is 0 Å². The molecule has 3 heteroatoms. The Bertz CT molecular complexity index is 483. The molecule has 0 bridgehead atoms. The molecule has 0 heterocycles. The van der Waals surface area contributed by atoms with Crippen LogP contribution in [0.2, 0.25) is 0 Å². The van der Waals surface area contributed by atoms with Crippen molar-refractivity contribution in [2.45, 2.75) is 0 Å². The number of rotatable bonds is 3. The van der Waals surface area contributed by atoms with Gasteiger partial charge in [-0.2, -0.15) is 0 Å². The molecule has 2 rings (SSSR count). The van der Waals surface area contributed by atoms with E-state index in [-0.39, 0.29) is 0 Å². The molecular formula is C13H13NO2. The smallest absolute Gasteiger partial charge is 0.169 e. The van der Waals surface area contributed by atoms with Crippen molar-refractivity contribution in [2.75, 3.05) is 12.8 Å². The van der Waals surface area contributed by atoms with Gasteiger partial charge in [0, 0.05) is 0 Å². The van der Waals surface area contributed by atoms with Gasteiger partial charge < -0.3 is 15.2 Å². The van der Waals surface area contributed by atoms with E-state index in [0.717, 1.165) is 0 Å². The van der Waals surface area contributed by atoms with Gasteiger partial charge >= 0.3 is 0 Å². The molecule has 0 fully saturated rings. The van der Waals surface area contributed by atoms with E-state index in [1.165, 1.54) is 0 Å². The lowest BCUT2D eigenvalue weighted by Crippen LogP contribution is -1.93. The van der Waals surface area contributed by atoms with Crippen molar-refractivity contribution >= 4 is 5.69 Å². The Balaban J connectivity index is 2.30. The van der Waals surface area contributed by atoms with Gasteiger partial charge in [0.15, 0.2) is 17.2 Å². The van der Waals surface area contributed by atoms with Crippen LogP contribution in [-0.2, 0) is 0 Å². The standard InChI is InChI=1S/C13H13NO2/c1-15-12-8-4-5-9-13(12)16-11-7-3-2-6-10(11)14/h2-9H,14H2,1H3. The molecule has 0 unspecified atom stereocenters. The second kappa shape index (κ2) is 4.57. The van der Waals surface area contributed by atoms with Crippen LogP contribution in [0.1, 0.15) is 0 Å². The molecule has 0 amide bonds. The van der Waals surface area contributed by atoms with E-state index in [2.05, 4.69) is 0 Å². The third kappa shape index (κ3) is 2.08. The fourth-order valence-corrected chi connectivity index (χ4v) is 1.40. The fourth-order valence-electron chi connectivity index (χ4n) is 1.40. The molecule has 0 saturated heterocycles. The summed E-state index contributed by atoms with van der Waals surface area (Å²) in [6.07, 6.45) is 0. The van der Waals surface area contributed by atoms with Gasteiger partial charge in [-0.1, -0.05) is 24.3 Å². The zero-order chi connectivity index (χ0) is 11.4. The van der Waals surface area contributed by atoms with E-state index in [1.807, 2.05) is 42.5 Å². The zero-order valence-electron chi connectivity index (χ0n) is 9.01. The summed E-state index contributed by atoms with van der Waals surface area (Å²) in [4.78, 5) is 0. The van der Waals surface area contributed by atoms with Crippen molar-refractivity contribution in [1.82, 2.24) is 0 Å². The maximum Gasteiger partial charge on any atom is 0.169 e. The molecular weight excluding hydrogens is 202 g/mol. The number of para-hydroxylation sites is 4. The summed E-state index contributed by atoms with van der Waals surface area (Å²) in [6, 6.07) is 14.8. The molecule has 0 aromatic heterocycles. The van der Waals surface area contributed by atoms with Crippen LogP contribution in [0.5, 0.6) is 17.2 Å². The van der Waals surface area contributed by atoms with Crippen LogP contribution < -0.4 is 15.2 Å². The predicted octanol–water partition coefficient (Wildman–Crippen LogP) is 3.07. The van der Waals surface area contributed by atoms with Gasteiger partial charge in [-0.05, 0) is 24.3 Å². The highest BCUT2D eigenvalue weighted by Gasteiger charge is 2.05. The molecule has 0 saturated carbocycles. The first-order valence-corrected chi connectivity index (χ1v) is 4.96. The van der Waals surface area contributed by atoms with Crippen molar-refractivity contribution in [1.29, 1.82) is 0 Å². The number of methoxy groups -OCH3 is 1. The average molecular weight is 215 g/mol. The Kier molecular flexibility index (Phi) is 2.96. The van der Waals surface area contributed by atoms with E-state index >= 15 is 0 Å². The van der Waals surface area contributed by atoms with Crippen LogP contribution in [-0.4, -0.2) is 7.11 Å². The van der Waals surface area contributed by atoms with Gasteiger partial charge in [-0.25, -0.2) is 0 Å². The van der Waals surface area contributed by atoms with Crippen LogP contribution in [0.25, 0.3) is 0 Å². The lowest BCUT2D eigenvalue weighted by atomic mass is 10.3. The number of ether oxygens (including phenoxy) is 2. The number of nitrogen functional groups attached to an aromatic ring is 1. The normalized spacial score (nSPS) is 9.81. The third-order valence-electron chi connectivity index (χ3n) is 2.21. The summed E-state index contributed by atoms with van der Waals surface area (Å²) in [6.45, 7) is 0. The van der Waals surface area contributed by atoms with Gasteiger partial charge in [-0.15, -0.1) is 0 Å². The first-order valence-electron chi connectivity index (χ1n) is 4.96. The second-order valence-electron chi connectivity index (χ2n) is 3.29. The molecule has 2 N–H and O–H groups in total. The maximum absolute atomic E-state index is 5.79. The monoisotopic (exact) mass is 215 g/mol. The molecule has 82 valence electrons. The molecule has 0 atom stereocenters. The zero-order valence-corrected chi connectivity index (χ0v) is 9.01. The van der Waals surface area contributed by atoms with Crippen LogP contribution in [0.3, 0.4) is 0 Å². The van der Waals surface area contributed by atoms with E-state index in [4.69, 9.17) is 15.2 Å². The minimum atomic E-state index is 0.605. The van der Waals surface area contributed by atoms with Crippen molar-refractivity contribution < 1.29 is 9.47 Å². The minimum absolute atomic E-state index is 0.605. The highest BCUT2D eigenvalue weighted by atomic mass is 16.5. The molecule has 0 radical (unpaired) electrons. The number of benzene rings is 2. The van der Waals surface area contributed by atoms with Crippen LogP contribution in [0.15, 0.2) is 48.5 Å². The summed E-state index contributed by atoms with van der Waals surface area (Å²) in [5.74, 6) is 1.97. The average Bonchev–Trinajstić information content (AvgIpc) is 2.33. The maximum atomic E-state index is 5.79. The van der Waals surface area contributed by atoms with E-state index in [0.29, 0.717) is 22.9 Å². The number of nitrogens with two attached hydrogens (primary N) is 1. The largest absolute Gasteiger partial charge is 0.493 e. The van der Waals surface area contributed by atoms with Crippen molar-refractivity contribution in [2.24, 2.45) is 0 Å². The molecule has 2 aromatic rings. The minimum Gasteiger partial charge on any atom is -0.493 e. The summed E-state index contributed by atoms with van der Waals surface area (Å²) < 4.78 is 10.9. The quantitative estimate of drug-likeness (QED) is 0.800. The summed E-state index contributed by atoms with van der Waals surface area (Å²) in [5.41, 5.74) is 6.40. The van der Waals surface area contributed by atoms with Gasteiger partial charge in [0.1, 0.15) is 0 Å². The highest BCUT2D eigenvalue weighted by molar-refractivity contribution is 5.54. The molecule has 16 heavy (non-hydrogen) atoms. The number of anilines is 1. The first-order chi connectivity index (χ1) is 7.81. The Morgan fingerprint density at radius 1 is 0.812 bits per heavy atom. The second-order valence-corrected chi connectivity index (χ2v) is 3.29. The van der Waals surface area contributed by atoms with E-state index in [9.17, 15) is 0 Å². The van der Waals surface area contributed by atoms with E-state index in [1.54, 1.807) is 13.2 Å². The SMILES string of the molecule is COc1ccccc1Oc1ccccc1N. The van der Waals surface area contributed by atoms with Gasteiger partial charge in [0.25, 0.3) is 0 Å². The van der Waals surface area contributed by atoms with Gasteiger partial charge in [0.2, 0.25) is 0 Å². The first kappa shape index (κ1) is 10.4. The Hall–Kier alpha value is -2.16. The Morgan fingerprint density at radius 3 is 2.00 bits per heavy atom. The molecule has 0 spiro atoms. The molecule has 0 aliphatic rings. The number of hydrogen-bond donors (Lipinski definition) is 1. The summed E-state index contributed by atoms with van der Waals surface area (Å²) >= 11 is 0. The molecule has 0 aliphatic heterocycles. The predicted molar refractivity (Wildman–Crippen MR) is 63.9 cm³/mol. The lowest BCUT2D eigenvalue weighted by Gasteiger charge is -2.11. The van der Waals surface area contributed by atoms with Gasteiger partial charge in [0.05, 0.1) is 12.8 Å².